The van der Waals surface area contributed by atoms with E-state index in [1.54, 1.807) is 6.26 Å². The molecule has 0 aliphatic heterocycles. The number of rotatable bonds is 6. The molecule has 0 radical (unpaired) electrons. The van der Waals surface area contributed by atoms with Crippen molar-refractivity contribution >= 4 is 11.6 Å². The number of likely N-dealkylation sites (N-methyl/N-ethyl adjacent to an activating group) is 1. The third kappa shape index (κ3) is 3.93. The van der Waals surface area contributed by atoms with E-state index in [9.17, 15) is 4.79 Å². The second-order valence-electron chi connectivity index (χ2n) is 5.02. The number of nitrogens with one attached hydrogen (secondary N) is 1. The van der Waals surface area contributed by atoms with E-state index in [0.717, 1.165) is 17.0 Å². The molecule has 0 saturated carbocycles. The molecule has 21 heavy (non-hydrogen) atoms. The van der Waals surface area contributed by atoms with Crippen molar-refractivity contribution in [3.63, 3.8) is 0 Å². The lowest BCUT2D eigenvalue weighted by atomic mass is 10.1. The van der Waals surface area contributed by atoms with E-state index in [1.165, 1.54) is 0 Å². The Bertz CT molecular complexity index is 581. The first-order chi connectivity index (χ1) is 10.1. The van der Waals surface area contributed by atoms with Crippen molar-refractivity contribution in [2.45, 2.75) is 26.1 Å². The molecule has 2 rings (SSSR count). The SMILES string of the molecule is CC(C(=O)Nc1ccccc1CN)N(C)Cc1ccco1. The Labute approximate surface area is 124 Å². The first-order valence-corrected chi connectivity index (χ1v) is 6.93. The van der Waals surface area contributed by atoms with Gasteiger partial charge >= 0.3 is 0 Å². The standard InChI is InChI=1S/C16H21N3O2/c1-12(19(2)11-14-7-5-9-21-14)16(20)18-15-8-4-3-6-13(15)10-17/h3-9,12H,10-11,17H2,1-2H3,(H,18,20). The molecule has 5 nitrogen and oxygen atoms in total. The average molecular weight is 287 g/mol. The average Bonchev–Trinajstić information content (AvgIpc) is 2.99. The number of nitrogens with two attached hydrogens (primary N) is 1. The van der Waals surface area contributed by atoms with Crippen LogP contribution in [0.5, 0.6) is 0 Å². The fraction of sp³-hybridized carbons (Fsp3) is 0.312. The number of benzene rings is 1. The van der Waals surface area contributed by atoms with Crippen molar-refractivity contribution in [3.8, 4) is 0 Å². The van der Waals surface area contributed by atoms with Crippen LogP contribution in [0.3, 0.4) is 0 Å². The molecule has 1 unspecified atom stereocenters. The molecular weight excluding hydrogens is 266 g/mol. The summed E-state index contributed by atoms with van der Waals surface area (Å²) in [5.74, 6) is 0.768. The first-order valence-electron chi connectivity index (χ1n) is 6.93. The van der Waals surface area contributed by atoms with Crippen molar-refractivity contribution in [2.75, 3.05) is 12.4 Å². The van der Waals surface area contributed by atoms with Crippen LogP contribution in [0.2, 0.25) is 0 Å². The molecule has 0 spiro atoms. The lowest BCUT2D eigenvalue weighted by Gasteiger charge is -2.23. The van der Waals surface area contributed by atoms with Gasteiger partial charge in [-0.25, -0.2) is 0 Å². The maximum absolute atomic E-state index is 12.3. The molecule has 0 saturated heterocycles. The van der Waals surface area contributed by atoms with Crippen LogP contribution < -0.4 is 11.1 Å². The summed E-state index contributed by atoms with van der Waals surface area (Å²) in [4.78, 5) is 14.3. The monoisotopic (exact) mass is 287 g/mol. The number of nitrogens with zero attached hydrogens (tertiary/aromatic N) is 1. The largest absolute Gasteiger partial charge is 0.468 e. The number of carbonyl (C=O) groups is 1. The smallest absolute Gasteiger partial charge is 0.241 e. The van der Waals surface area contributed by atoms with Crippen LogP contribution in [0.4, 0.5) is 5.69 Å². The zero-order valence-electron chi connectivity index (χ0n) is 12.4. The van der Waals surface area contributed by atoms with Gasteiger partial charge in [0.25, 0.3) is 0 Å². The fourth-order valence-electron chi connectivity index (χ4n) is 2.04. The molecule has 1 atom stereocenters. The lowest BCUT2D eigenvalue weighted by Crippen LogP contribution is -2.39. The fourth-order valence-corrected chi connectivity index (χ4v) is 2.04. The summed E-state index contributed by atoms with van der Waals surface area (Å²) in [7, 11) is 1.89. The van der Waals surface area contributed by atoms with Gasteiger partial charge in [-0.15, -0.1) is 0 Å². The summed E-state index contributed by atoms with van der Waals surface area (Å²) in [6, 6.07) is 11.0. The van der Waals surface area contributed by atoms with Gasteiger partial charge in [-0.2, -0.15) is 0 Å². The van der Waals surface area contributed by atoms with Gasteiger partial charge in [0.05, 0.1) is 18.8 Å². The van der Waals surface area contributed by atoms with Crippen molar-refractivity contribution in [1.82, 2.24) is 4.90 Å². The molecule has 3 N–H and O–H groups in total. The predicted octanol–water partition coefficient (Wildman–Crippen LogP) is 2.20. The van der Waals surface area contributed by atoms with Crippen LogP contribution in [0.25, 0.3) is 0 Å². The zero-order chi connectivity index (χ0) is 15.2. The van der Waals surface area contributed by atoms with Gasteiger partial charge < -0.3 is 15.5 Å². The quantitative estimate of drug-likeness (QED) is 0.854. The molecule has 1 aromatic heterocycles. The van der Waals surface area contributed by atoms with Gasteiger partial charge in [-0.3, -0.25) is 9.69 Å². The van der Waals surface area contributed by atoms with E-state index in [0.29, 0.717) is 13.1 Å². The third-order valence-corrected chi connectivity index (χ3v) is 3.52. The second kappa shape index (κ2) is 7.06. The van der Waals surface area contributed by atoms with Crippen LogP contribution in [-0.2, 0) is 17.9 Å². The maximum atomic E-state index is 12.3. The third-order valence-electron chi connectivity index (χ3n) is 3.52. The highest BCUT2D eigenvalue weighted by molar-refractivity contribution is 5.95. The number of para-hydroxylation sites is 1. The minimum absolute atomic E-state index is 0.0649. The maximum Gasteiger partial charge on any atom is 0.241 e. The summed E-state index contributed by atoms with van der Waals surface area (Å²) < 4.78 is 5.30. The lowest BCUT2D eigenvalue weighted by molar-refractivity contribution is -0.120. The number of hydrogen-bond acceptors (Lipinski definition) is 4. The number of amides is 1. The molecule has 0 bridgehead atoms. The number of furan rings is 1. The first kappa shape index (κ1) is 15.3. The Hall–Kier alpha value is -2.11. The Morgan fingerprint density at radius 2 is 2.10 bits per heavy atom. The molecule has 112 valence electrons. The molecule has 0 aliphatic rings. The summed E-state index contributed by atoms with van der Waals surface area (Å²) in [5.41, 5.74) is 7.37. The van der Waals surface area contributed by atoms with Crippen molar-refractivity contribution in [2.24, 2.45) is 5.73 Å². The van der Waals surface area contributed by atoms with Crippen LogP contribution in [-0.4, -0.2) is 23.9 Å². The summed E-state index contributed by atoms with van der Waals surface area (Å²) in [6.45, 7) is 2.84. The topological polar surface area (TPSA) is 71.5 Å². The van der Waals surface area contributed by atoms with E-state index in [-0.39, 0.29) is 11.9 Å². The Morgan fingerprint density at radius 3 is 2.76 bits per heavy atom. The Kier molecular flexibility index (Phi) is 5.14. The molecule has 0 fully saturated rings. The van der Waals surface area contributed by atoms with Gasteiger partial charge in [0.2, 0.25) is 5.91 Å². The second-order valence-corrected chi connectivity index (χ2v) is 5.02. The van der Waals surface area contributed by atoms with Crippen molar-refractivity contribution < 1.29 is 9.21 Å². The Balaban J connectivity index is 1.98. The van der Waals surface area contributed by atoms with Crippen LogP contribution in [0.15, 0.2) is 47.1 Å². The highest BCUT2D eigenvalue weighted by atomic mass is 16.3. The number of anilines is 1. The van der Waals surface area contributed by atoms with Gasteiger partial charge in [0, 0.05) is 12.2 Å². The number of carbonyl (C=O) groups excluding carboxylic acids is 1. The minimum atomic E-state index is -0.277. The highest BCUT2D eigenvalue weighted by Crippen LogP contribution is 2.15. The zero-order valence-corrected chi connectivity index (χ0v) is 12.4. The van der Waals surface area contributed by atoms with Crippen molar-refractivity contribution in [3.05, 3.63) is 54.0 Å². The Morgan fingerprint density at radius 1 is 1.33 bits per heavy atom. The van der Waals surface area contributed by atoms with E-state index in [1.807, 2.05) is 55.3 Å². The van der Waals surface area contributed by atoms with Gasteiger partial charge in [-0.05, 0) is 37.7 Å². The highest BCUT2D eigenvalue weighted by Gasteiger charge is 2.19. The molecule has 5 heteroatoms. The van der Waals surface area contributed by atoms with E-state index in [2.05, 4.69) is 5.32 Å². The van der Waals surface area contributed by atoms with E-state index >= 15 is 0 Å². The van der Waals surface area contributed by atoms with Crippen molar-refractivity contribution in [1.29, 1.82) is 0 Å². The predicted molar refractivity (Wildman–Crippen MR) is 82.6 cm³/mol. The molecule has 1 amide bonds. The van der Waals surface area contributed by atoms with Crippen LogP contribution >= 0.6 is 0 Å². The molecule has 2 aromatic rings. The summed E-state index contributed by atoms with van der Waals surface area (Å²) in [6.07, 6.45) is 1.63. The van der Waals surface area contributed by atoms with E-state index < -0.39 is 0 Å². The van der Waals surface area contributed by atoms with Crippen LogP contribution in [0, 0.1) is 0 Å². The molecular formula is C16H21N3O2. The van der Waals surface area contributed by atoms with Gasteiger partial charge in [-0.1, -0.05) is 18.2 Å². The number of hydrogen-bond donors (Lipinski definition) is 2. The molecule has 1 aromatic carbocycles. The minimum Gasteiger partial charge on any atom is -0.468 e. The molecule has 0 aliphatic carbocycles. The van der Waals surface area contributed by atoms with E-state index in [4.69, 9.17) is 10.2 Å². The van der Waals surface area contributed by atoms with Gasteiger partial charge in [0.1, 0.15) is 5.76 Å². The molecule has 1 heterocycles. The summed E-state index contributed by atoms with van der Waals surface area (Å²) >= 11 is 0. The summed E-state index contributed by atoms with van der Waals surface area (Å²) in [5, 5.41) is 2.93. The van der Waals surface area contributed by atoms with Crippen LogP contribution in [0.1, 0.15) is 18.2 Å². The van der Waals surface area contributed by atoms with Gasteiger partial charge in [0.15, 0.2) is 0 Å². The normalized spacial score (nSPS) is 12.4.